The Morgan fingerprint density at radius 1 is 1.14 bits per heavy atom. The normalized spacial score (nSPS) is 14.3. The smallest absolute Gasteiger partial charge is 0.251 e. The maximum Gasteiger partial charge on any atom is 0.251 e. The molecule has 0 radical (unpaired) electrons. The summed E-state index contributed by atoms with van der Waals surface area (Å²) in [5.41, 5.74) is 3.01. The first kappa shape index (κ1) is 24.9. The van der Waals surface area contributed by atoms with E-state index in [1.807, 2.05) is 18.2 Å². The molecule has 0 aliphatic carbocycles. The molecule has 1 saturated heterocycles. The van der Waals surface area contributed by atoms with Gasteiger partial charge in [0.25, 0.3) is 5.91 Å². The highest BCUT2D eigenvalue weighted by molar-refractivity contribution is 6.07. The van der Waals surface area contributed by atoms with Crippen molar-refractivity contribution in [2.45, 2.75) is 6.42 Å². The molecule has 5 rings (SSSR count). The molecule has 4 aromatic rings. The molecule has 1 fully saturated rings. The van der Waals surface area contributed by atoms with Gasteiger partial charge in [-0.1, -0.05) is 0 Å². The van der Waals surface area contributed by atoms with Crippen molar-refractivity contribution in [3.63, 3.8) is 0 Å². The predicted molar refractivity (Wildman–Crippen MR) is 140 cm³/mol. The molecular weight excluding hydrogens is 474 g/mol. The number of benzene rings is 2. The van der Waals surface area contributed by atoms with E-state index in [-0.39, 0.29) is 11.8 Å². The van der Waals surface area contributed by atoms with Crippen LogP contribution in [0.25, 0.3) is 33.1 Å². The lowest BCUT2D eigenvalue weighted by molar-refractivity contribution is 0.0374. The fourth-order valence-corrected chi connectivity index (χ4v) is 4.56. The number of methoxy groups -OCH3 is 1. The summed E-state index contributed by atoms with van der Waals surface area (Å²) in [5.74, 6) is 0.504. The third-order valence-corrected chi connectivity index (χ3v) is 6.48. The highest BCUT2D eigenvalue weighted by atomic mass is 16.5. The lowest BCUT2D eigenvalue weighted by Crippen LogP contribution is -2.38. The highest BCUT2D eigenvalue weighted by Crippen LogP contribution is 2.39. The molecule has 2 aromatic carbocycles. The van der Waals surface area contributed by atoms with Gasteiger partial charge in [0.15, 0.2) is 5.88 Å². The van der Waals surface area contributed by atoms with Gasteiger partial charge in [-0.3, -0.25) is 9.69 Å². The first-order valence-corrected chi connectivity index (χ1v) is 12.4. The average molecular weight is 506 g/mol. The summed E-state index contributed by atoms with van der Waals surface area (Å²) < 4.78 is 16.1. The second kappa shape index (κ2) is 11.5. The summed E-state index contributed by atoms with van der Waals surface area (Å²) in [6.07, 6.45) is 2.33. The van der Waals surface area contributed by atoms with Crippen molar-refractivity contribution in [1.29, 1.82) is 0 Å². The predicted octanol–water partition coefficient (Wildman–Crippen LogP) is 2.96. The van der Waals surface area contributed by atoms with Crippen LogP contribution < -0.4 is 10.1 Å². The molecule has 0 saturated carbocycles. The van der Waals surface area contributed by atoms with Gasteiger partial charge in [0.2, 0.25) is 0 Å². The minimum Gasteiger partial charge on any atom is -0.494 e. The zero-order chi connectivity index (χ0) is 25.6. The molecule has 3 heterocycles. The Kier molecular flexibility index (Phi) is 7.79. The van der Waals surface area contributed by atoms with Crippen LogP contribution in [-0.2, 0) is 9.47 Å². The summed E-state index contributed by atoms with van der Waals surface area (Å²) in [7, 11) is 1.62. The zero-order valence-corrected chi connectivity index (χ0v) is 20.8. The van der Waals surface area contributed by atoms with Crippen molar-refractivity contribution in [3.8, 4) is 22.9 Å². The van der Waals surface area contributed by atoms with Gasteiger partial charge in [0.05, 0.1) is 36.6 Å². The van der Waals surface area contributed by atoms with Crippen molar-refractivity contribution in [2.24, 2.45) is 0 Å². The van der Waals surface area contributed by atoms with Gasteiger partial charge in [0.1, 0.15) is 18.7 Å². The molecule has 10 nitrogen and oxygen atoms in total. The van der Waals surface area contributed by atoms with Crippen molar-refractivity contribution < 1.29 is 24.1 Å². The number of aromatic amines is 1. The molecule has 1 amide bonds. The van der Waals surface area contributed by atoms with Gasteiger partial charge < -0.3 is 29.6 Å². The molecule has 10 heteroatoms. The van der Waals surface area contributed by atoms with Gasteiger partial charge >= 0.3 is 0 Å². The number of morpholine rings is 1. The minimum atomic E-state index is -0.152. The van der Waals surface area contributed by atoms with Gasteiger partial charge in [-0.15, -0.1) is 0 Å². The largest absolute Gasteiger partial charge is 0.494 e. The number of fused-ring (bicyclic) bond motifs is 2. The lowest BCUT2D eigenvalue weighted by Gasteiger charge is -2.26. The second-order valence-corrected chi connectivity index (χ2v) is 8.91. The highest BCUT2D eigenvalue weighted by Gasteiger charge is 2.19. The van der Waals surface area contributed by atoms with Crippen LogP contribution in [0.3, 0.4) is 0 Å². The fraction of sp³-hybridized carbons (Fsp3) is 0.370. The Balaban J connectivity index is 1.36. The third-order valence-electron chi connectivity index (χ3n) is 6.48. The maximum absolute atomic E-state index is 12.9. The topological polar surface area (TPSA) is 122 Å². The first-order valence-electron chi connectivity index (χ1n) is 12.4. The summed E-state index contributed by atoms with van der Waals surface area (Å²) in [6, 6.07) is 10.9. The van der Waals surface area contributed by atoms with Crippen LogP contribution in [0.1, 0.15) is 16.8 Å². The summed E-state index contributed by atoms with van der Waals surface area (Å²) in [5, 5.41) is 15.3. The summed E-state index contributed by atoms with van der Waals surface area (Å²) >= 11 is 0. The van der Waals surface area contributed by atoms with E-state index in [9.17, 15) is 9.90 Å². The molecule has 37 heavy (non-hydrogen) atoms. The third kappa shape index (κ3) is 5.66. The Labute approximate surface area is 214 Å². The van der Waals surface area contributed by atoms with Crippen LogP contribution >= 0.6 is 0 Å². The van der Waals surface area contributed by atoms with Crippen LogP contribution in [0.5, 0.6) is 11.6 Å². The molecule has 1 aliphatic rings. The van der Waals surface area contributed by atoms with E-state index in [0.29, 0.717) is 58.7 Å². The van der Waals surface area contributed by atoms with Crippen LogP contribution in [-0.4, -0.2) is 90.6 Å². The fourth-order valence-electron chi connectivity index (χ4n) is 4.56. The first-order chi connectivity index (χ1) is 18.1. The number of nitrogens with one attached hydrogen (secondary N) is 2. The Morgan fingerprint density at radius 3 is 2.84 bits per heavy atom. The SMILES string of the molecule is COCCOc1ccc2c(-c3c(O)[nH]c4ccc(C(=O)NCCCN5CCOCC5)cc34)ncnc2c1. The number of hydrogen-bond acceptors (Lipinski definition) is 8. The van der Waals surface area contributed by atoms with Crippen LogP contribution in [0.4, 0.5) is 0 Å². The Morgan fingerprint density at radius 2 is 2.00 bits per heavy atom. The Bertz CT molecular complexity index is 1380. The maximum atomic E-state index is 12.9. The van der Waals surface area contributed by atoms with Gasteiger partial charge in [-0.05, 0) is 43.3 Å². The molecule has 2 aromatic heterocycles. The molecule has 0 atom stereocenters. The number of rotatable bonds is 10. The van der Waals surface area contributed by atoms with Crippen LogP contribution in [0.2, 0.25) is 0 Å². The van der Waals surface area contributed by atoms with E-state index in [4.69, 9.17) is 14.2 Å². The van der Waals surface area contributed by atoms with E-state index in [1.165, 1.54) is 6.33 Å². The van der Waals surface area contributed by atoms with Crippen molar-refractivity contribution in [3.05, 3.63) is 48.3 Å². The van der Waals surface area contributed by atoms with E-state index in [0.717, 1.165) is 44.7 Å². The van der Waals surface area contributed by atoms with Gasteiger partial charge in [0, 0.05) is 54.7 Å². The standard InChI is InChI=1S/C27H31N5O5/c1-35-13-14-37-19-4-5-20-23(16-19)29-17-30-25(20)24-21-15-18(3-6-22(21)31-27(24)34)26(33)28-7-2-8-32-9-11-36-12-10-32/h3-6,15-17,31,34H,2,7-14H2,1H3,(H,28,33). The molecular formula is C27H31N5O5. The van der Waals surface area contributed by atoms with Crippen molar-refractivity contribution >= 4 is 27.7 Å². The van der Waals surface area contributed by atoms with Gasteiger partial charge in [-0.25, -0.2) is 9.97 Å². The molecule has 0 bridgehead atoms. The summed E-state index contributed by atoms with van der Waals surface area (Å²) in [4.78, 5) is 27.1. The number of hydrogen-bond donors (Lipinski definition) is 3. The van der Waals surface area contributed by atoms with E-state index >= 15 is 0 Å². The number of nitrogens with zero attached hydrogens (tertiary/aromatic N) is 3. The van der Waals surface area contributed by atoms with E-state index in [1.54, 1.807) is 25.3 Å². The van der Waals surface area contributed by atoms with Crippen LogP contribution in [0, 0.1) is 0 Å². The number of amides is 1. The van der Waals surface area contributed by atoms with E-state index < -0.39 is 0 Å². The monoisotopic (exact) mass is 505 g/mol. The lowest BCUT2D eigenvalue weighted by atomic mass is 10.0. The number of ether oxygens (including phenoxy) is 3. The molecule has 0 spiro atoms. The quantitative estimate of drug-likeness (QED) is 0.281. The number of aromatic nitrogens is 3. The second-order valence-electron chi connectivity index (χ2n) is 8.91. The molecule has 194 valence electrons. The molecule has 1 aliphatic heterocycles. The minimum absolute atomic E-state index is 0.0153. The summed E-state index contributed by atoms with van der Waals surface area (Å²) in [6.45, 7) is 5.84. The van der Waals surface area contributed by atoms with Crippen LogP contribution in [0.15, 0.2) is 42.7 Å². The van der Waals surface area contributed by atoms with Crippen molar-refractivity contribution in [1.82, 2.24) is 25.2 Å². The zero-order valence-electron chi connectivity index (χ0n) is 20.8. The number of aromatic hydroxyl groups is 1. The number of carbonyl (C=O) groups excluding carboxylic acids is 1. The number of H-pyrrole nitrogens is 1. The van der Waals surface area contributed by atoms with Gasteiger partial charge in [-0.2, -0.15) is 0 Å². The number of carbonyl (C=O) groups is 1. The Hall–Kier alpha value is -3.73. The van der Waals surface area contributed by atoms with E-state index in [2.05, 4.69) is 25.2 Å². The molecule has 3 N–H and O–H groups in total. The molecule has 0 unspecified atom stereocenters. The van der Waals surface area contributed by atoms with Crippen molar-refractivity contribution in [2.75, 3.05) is 59.7 Å². The average Bonchev–Trinajstić information content (AvgIpc) is 3.26.